The highest BCUT2D eigenvalue weighted by Gasteiger charge is 2.50. The maximum absolute atomic E-state index is 12.4. The van der Waals surface area contributed by atoms with Crippen LogP contribution in [0.3, 0.4) is 0 Å². The number of aliphatic carboxylic acids is 3. The van der Waals surface area contributed by atoms with Crippen LogP contribution in [0.5, 0.6) is 0 Å². The van der Waals surface area contributed by atoms with E-state index in [1.807, 2.05) is 0 Å². The van der Waals surface area contributed by atoms with E-state index in [-0.39, 0.29) is 6.61 Å². The minimum atomic E-state index is -5.33. The third-order valence-corrected chi connectivity index (χ3v) is 6.87. The van der Waals surface area contributed by atoms with Crippen LogP contribution in [-0.4, -0.2) is 75.6 Å². The summed E-state index contributed by atoms with van der Waals surface area (Å²) >= 11 is 0. The van der Waals surface area contributed by atoms with Crippen molar-refractivity contribution in [1.82, 2.24) is 0 Å². The zero-order valence-corrected chi connectivity index (χ0v) is 22.6. The first-order valence-corrected chi connectivity index (χ1v) is 14.3. The van der Waals surface area contributed by atoms with Crippen molar-refractivity contribution in [1.29, 1.82) is 0 Å². The van der Waals surface area contributed by atoms with Gasteiger partial charge in [0.1, 0.15) is 0 Å². The maximum Gasteiger partial charge on any atom is 0.349 e. The van der Waals surface area contributed by atoms with E-state index in [0.29, 0.717) is 6.42 Å². The molecule has 0 fully saturated rings. The Morgan fingerprint density at radius 2 is 1.16 bits per heavy atom. The molecule has 4 N–H and O–H groups in total. The number of unbranched alkanes of at least 4 members (excludes halogenated alkanes) is 11. The van der Waals surface area contributed by atoms with Crippen LogP contribution in [-0.2, 0) is 43.6 Å². The molecule has 0 spiro atoms. The predicted octanol–water partition coefficient (Wildman–Crippen LogP) is 3.19. The largest absolute Gasteiger partial charge is 0.481 e. The van der Waals surface area contributed by atoms with Crippen LogP contribution in [0.25, 0.3) is 0 Å². The summed E-state index contributed by atoms with van der Waals surface area (Å²) in [6.07, 6.45) is 8.65. The first-order valence-electron chi connectivity index (χ1n) is 12.8. The molecular weight excluding hydrogens is 528 g/mol. The molecule has 14 heteroatoms. The fraction of sp³-hybridized carbons (Fsp3) is 0.792. The van der Waals surface area contributed by atoms with E-state index in [9.17, 15) is 42.0 Å². The summed E-state index contributed by atoms with van der Waals surface area (Å²) in [6, 6.07) is 0. The van der Waals surface area contributed by atoms with Gasteiger partial charge in [-0.05, 0) is 6.42 Å². The van der Waals surface area contributed by atoms with Crippen molar-refractivity contribution >= 4 is 40.0 Å². The molecule has 0 rings (SSSR count). The van der Waals surface area contributed by atoms with Gasteiger partial charge in [0.15, 0.2) is 5.25 Å². The zero-order chi connectivity index (χ0) is 29.2. The van der Waals surface area contributed by atoms with Gasteiger partial charge in [0.05, 0.1) is 25.9 Å². The van der Waals surface area contributed by atoms with Crippen LogP contribution >= 0.6 is 0 Å². The van der Waals surface area contributed by atoms with Gasteiger partial charge in [0.25, 0.3) is 10.1 Å². The van der Waals surface area contributed by atoms with Gasteiger partial charge in [-0.2, -0.15) is 8.42 Å². The van der Waals surface area contributed by atoms with Crippen molar-refractivity contribution in [2.45, 2.75) is 114 Å². The third-order valence-electron chi connectivity index (χ3n) is 5.79. The van der Waals surface area contributed by atoms with Gasteiger partial charge in [-0.25, -0.2) is 4.79 Å². The van der Waals surface area contributed by atoms with E-state index in [2.05, 4.69) is 11.7 Å². The van der Waals surface area contributed by atoms with Gasteiger partial charge in [0, 0.05) is 0 Å². The summed E-state index contributed by atoms with van der Waals surface area (Å²) in [5.74, 6) is -9.08. The molecule has 0 radical (unpaired) electrons. The van der Waals surface area contributed by atoms with Gasteiger partial charge in [-0.1, -0.05) is 77.6 Å². The second-order valence-corrected chi connectivity index (χ2v) is 10.8. The Kier molecular flexibility index (Phi) is 17.2. The Balaban J connectivity index is 4.69. The lowest BCUT2D eigenvalue weighted by molar-refractivity contribution is -0.186. The molecule has 0 aromatic rings. The second-order valence-electron chi connectivity index (χ2n) is 9.18. The minimum absolute atomic E-state index is 0.0827. The first-order chi connectivity index (χ1) is 17.7. The highest BCUT2D eigenvalue weighted by Crippen LogP contribution is 2.25. The molecule has 220 valence electrons. The third kappa shape index (κ3) is 15.5. The molecular formula is C24H40O13S. The smallest absolute Gasteiger partial charge is 0.349 e. The predicted molar refractivity (Wildman–Crippen MR) is 133 cm³/mol. The number of carboxylic acid groups (broad SMARTS) is 3. The Morgan fingerprint density at radius 3 is 1.53 bits per heavy atom. The van der Waals surface area contributed by atoms with E-state index in [4.69, 9.17) is 14.9 Å². The highest BCUT2D eigenvalue weighted by atomic mass is 32.2. The van der Waals surface area contributed by atoms with Crippen molar-refractivity contribution in [3.8, 4) is 0 Å². The average Bonchev–Trinajstić information content (AvgIpc) is 2.78. The van der Waals surface area contributed by atoms with Gasteiger partial charge >= 0.3 is 29.8 Å². The van der Waals surface area contributed by atoms with Crippen molar-refractivity contribution in [3.63, 3.8) is 0 Å². The highest BCUT2D eigenvalue weighted by molar-refractivity contribution is 7.87. The first kappa shape index (κ1) is 35.3. The van der Waals surface area contributed by atoms with Gasteiger partial charge in [-0.15, -0.1) is 0 Å². The number of carbonyl (C=O) groups is 5. The van der Waals surface area contributed by atoms with Crippen molar-refractivity contribution in [2.75, 3.05) is 6.61 Å². The molecule has 0 amide bonds. The normalized spacial score (nSPS) is 12.5. The fourth-order valence-corrected chi connectivity index (χ4v) is 4.36. The van der Waals surface area contributed by atoms with Crippen LogP contribution in [0, 0.1) is 0 Å². The summed E-state index contributed by atoms with van der Waals surface area (Å²) in [5, 5.41) is 24.5. The molecule has 0 saturated heterocycles. The van der Waals surface area contributed by atoms with Gasteiger partial charge < -0.3 is 24.8 Å². The number of carbonyl (C=O) groups excluding carboxylic acids is 2. The van der Waals surface area contributed by atoms with Crippen LogP contribution in [0.15, 0.2) is 0 Å². The van der Waals surface area contributed by atoms with E-state index in [0.717, 1.165) is 32.1 Å². The van der Waals surface area contributed by atoms with Gasteiger partial charge in [0.2, 0.25) is 5.60 Å². The number of carboxylic acids is 3. The summed E-state index contributed by atoms with van der Waals surface area (Å²) < 4.78 is 42.1. The van der Waals surface area contributed by atoms with Gasteiger partial charge in [-0.3, -0.25) is 23.7 Å². The van der Waals surface area contributed by atoms with Crippen molar-refractivity contribution in [2.24, 2.45) is 0 Å². The number of ether oxygens (including phenoxy) is 2. The molecule has 38 heavy (non-hydrogen) atoms. The molecule has 13 nitrogen and oxygen atoms in total. The standard InChI is InChI=1S/C24H40O13S/c1-2-3-4-5-6-7-8-9-10-11-12-13-14-36-21(29)15-18(38(33,34)35)22(30)37-24(23(31)32,16-19(25)26)17-20(27)28/h18H,2-17H2,1H3,(H,25,26)(H,27,28)(H,31,32)(H,33,34,35). The van der Waals surface area contributed by atoms with Crippen molar-refractivity contribution in [3.05, 3.63) is 0 Å². The lowest BCUT2D eigenvalue weighted by Crippen LogP contribution is -2.50. The molecule has 1 atom stereocenters. The molecule has 0 aromatic heterocycles. The van der Waals surface area contributed by atoms with Crippen LogP contribution < -0.4 is 0 Å². The number of esters is 2. The van der Waals surface area contributed by atoms with Crippen LogP contribution in [0.4, 0.5) is 0 Å². The van der Waals surface area contributed by atoms with Crippen LogP contribution in [0.2, 0.25) is 0 Å². The maximum atomic E-state index is 12.4. The molecule has 0 aliphatic rings. The molecule has 0 aliphatic carbocycles. The lowest BCUT2D eigenvalue weighted by Gasteiger charge is -2.27. The summed E-state index contributed by atoms with van der Waals surface area (Å²) in [4.78, 5) is 58.1. The Labute approximate surface area is 222 Å². The molecule has 0 heterocycles. The zero-order valence-electron chi connectivity index (χ0n) is 21.8. The number of hydrogen-bond acceptors (Lipinski definition) is 9. The fourth-order valence-electron chi connectivity index (χ4n) is 3.73. The summed E-state index contributed by atoms with van der Waals surface area (Å²) in [7, 11) is -5.33. The monoisotopic (exact) mass is 568 g/mol. The van der Waals surface area contributed by atoms with E-state index < -0.39 is 70.1 Å². The van der Waals surface area contributed by atoms with E-state index in [1.165, 1.54) is 38.5 Å². The summed E-state index contributed by atoms with van der Waals surface area (Å²) in [5.41, 5.74) is -3.17. The Morgan fingerprint density at radius 1 is 0.737 bits per heavy atom. The topological polar surface area (TPSA) is 219 Å². The quantitative estimate of drug-likeness (QED) is 0.0791. The SMILES string of the molecule is CCCCCCCCCCCCCCOC(=O)CC(C(=O)OC(CC(=O)O)(CC(=O)O)C(=O)O)S(=O)(=O)O. The van der Waals surface area contributed by atoms with Crippen molar-refractivity contribution < 1.29 is 61.7 Å². The summed E-state index contributed by atoms with van der Waals surface area (Å²) in [6.45, 7) is 2.10. The Hall–Kier alpha value is -2.74. The Bertz CT molecular complexity index is 866. The van der Waals surface area contributed by atoms with Crippen LogP contribution in [0.1, 0.15) is 103 Å². The second kappa shape index (κ2) is 18.5. The molecule has 0 aromatic carbocycles. The van der Waals surface area contributed by atoms with E-state index in [1.54, 1.807) is 0 Å². The lowest BCUT2D eigenvalue weighted by atomic mass is 9.95. The number of hydrogen-bond donors (Lipinski definition) is 4. The van der Waals surface area contributed by atoms with E-state index >= 15 is 0 Å². The molecule has 0 saturated carbocycles. The molecule has 0 bridgehead atoms. The molecule has 1 unspecified atom stereocenters. The average molecular weight is 569 g/mol. The minimum Gasteiger partial charge on any atom is -0.481 e. The number of rotatable bonds is 23. The molecule has 0 aliphatic heterocycles.